The van der Waals surface area contributed by atoms with Gasteiger partial charge in [0, 0.05) is 12.3 Å². The zero-order chi connectivity index (χ0) is 8.27. The van der Waals surface area contributed by atoms with Crippen LogP contribution in [0.15, 0.2) is 10.1 Å². The summed E-state index contributed by atoms with van der Waals surface area (Å²) in [4.78, 5) is 14.5. The van der Waals surface area contributed by atoms with E-state index in [1.807, 2.05) is 0 Å². The van der Waals surface area contributed by atoms with Crippen molar-refractivity contribution >= 4 is 28.4 Å². The third kappa shape index (κ3) is 1.70. The molecule has 1 aliphatic rings. The van der Waals surface area contributed by atoms with Crippen molar-refractivity contribution in [2.75, 3.05) is 12.3 Å². The Bertz CT molecular complexity index is 236. The summed E-state index contributed by atoms with van der Waals surface area (Å²) in [5.41, 5.74) is 4.76. The molecule has 0 aromatic rings. The highest BCUT2D eigenvalue weighted by Crippen LogP contribution is 2.12. The van der Waals surface area contributed by atoms with E-state index in [1.165, 1.54) is 11.8 Å². The summed E-state index contributed by atoms with van der Waals surface area (Å²) in [6.45, 7) is 0.645. The fraction of sp³-hybridized carbons (Fsp3) is 0.400. The molecule has 0 radical (unpaired) electrons. The predicted molar refractivity (Wildman–Crippen MR) is 43.2 cm³/mol. The quantitative estimate of drug-likeness (QED) is 0.333. The monoisotopic (exact) mass is 173 g/mol. The number of thioether (sulfide) groups is 1. The maximum absolute atomic E-state index is 10.6. The first kappa shape index (κ1) is 8.06. The predicted octanol–water partition coefficient (Wildman–Crippen LogP) is -0.553. The summed E-state index contributed by atoms with van der Waals surface area (Å²) in [6.07, 6.45) is 0. The Morgan fingerprint density at radius 2 is 2.55 bits per heavy atom. The normalized spacial score (nSPS) is 18.2. The van der Waals surface area contributed by atoms with Crippen LogP contribution in [0.1, 0.15) is 0 Å². The van der Waals surface area contributed by atoms with Gasteiger partial charge in [-0.1, -0.05) is 5.16 Å². The molecule has 6 heteroatoms. The number of primary amides is 1. The van der Waals surface area contributed by atoms with E-state index in [-0.39, 0.29) is 5.71 Å². The highest BCUT2D eigenvalue weighted by Gasteiger charge is 2.19. The van der Waals surface area contributed by atoms with Gasteiger partial charge in [-0.05, 0) is 0 Å². The number of nitrogens with two attached hydrogens (primary N) is 1. The second-order valence-electron chi connectivity index (χ2n) is 1.85. The molecule has 0 aromatic heterocycles. The van der Waals surface area contributed by atoms with Crippen molar-refractivity contribution in [2.45, 2.75) is 0 Å². The van der Waals surface area contributed by atoms with Gasteiger partial charge in [0.25, 0.3) is 5.91 Å². The molecular formula is C5H7N3O2S. The Kier molecular flexibility index (Phi) is 2.48. The molecule has 0 atom stereocenters. The topological polar surface area (TPSA) is 88.0 Å². The average molecular weight is 173 g/mol. The number of hydrogen-bond acceptors (Lipinski definition) is 5. The third-order valence-corrected chi connectivity index (χ3v) is 2.10. The van der Waals surface area contributed by atoms with Crippen LogP contribution in [0.3, 0.4) is 0 Å². The summed E-state index contributed by atoms with van der Waals surface area (Å²) in [5.74, 6) is 0.0578. The van der Waals surface area contributed by atoms with E-state index in [0.717, 1.165) is 5.75 Å². The zero-order valence-electron chi connectivity index (χ0n) is 5.65. The summed E-state index contributed by atoms with van der Waals surface area (Å²) in [5, 5.41) is 11.5. The van der Waals surface area contributed by atoms with E-state index < -0.39 is 5.91 Å². The summed E-state index contributed by atoms with van der Waals surface area (Å²) in [7, 11) is 0. The number of aliphatic imine (C=N–C) groups is 1. The molecule has 0 aromatic carbocycles. The lowest BCUT2D eigenvalue weighted by molar-refractivity contribution is -0.111. The van der Waals surface area contributed by atoms with Gasteiger partial charge in [-0.2, -0.15) is 0 Å². The Labute approximate surface area is 67.4 Å². The van der Waals surface area contributed by atoms with E-state index >= 15 is 0 Å². The summed E-state index contributed by atoms with van der Waals surface area (Å²) >= 11 is 1.36. The minimum Gasteiger partial charge on any atom is -0.410 e. The maximum atomic E-state index is 10.6. The first-order valence-electron chi connectivity index (χ1n) is 2.95. The lowest BCUT2D eigenvalue weighted by Crippen LogP contribution is -2.28. The summed E-state index contributed by atoms with van der Waals surface area (Å²) < 4.78 is 0. The number of rotatable bonds is 2. The Morgan fingerprint density at radius 3 is 2.91 bits per heavy atom. The van der Waals surface area contributed by atoms with Gasteiger partial charge >= 0.3 is 0 Å². The number of amides is 1. The van der Waals surface area contributed by atoms with Crippen molar-refractivity contribution in [1.29, 1.82) is 0 Å². The highest BCUT2D eigenvalue weighted by atomic mass is 32.2. The lowest BCUT2D eigenvalue weighted by Gasteiger charge is -1.95. The largest absolute Gasteiger partial charge is 0.410 e. The molecule has 5 nitrogen and oxygen atoms in total. The van der Waals surface area contributed by atoms with Gasteiger partial charge in [-0.15, -0.1) is 11.8 Å². The van der Waals surface area contributed by atoms with Gasteiger partial charge in [0.2, 0.25) is 0 Å². The van der Waals surface area contributed by atoms with E-state index in [0.29, 0.717) is 11.6 Å². The molecule has 1 amide bonds. The molecule has 0 fully saturated rings. The molecule has 0 aliphatic carbocycles. The van der Waals surface area contributed by atoms with E-state index in [9.17, 15) is 4.79 Å². The van der Waals surface area contributed by atoms with Crippen LogP contribution in [0.4, 0.5) is 0 Å². The molecule has 0 saturated carbocycles. The Hall–Kier alpha value is -1.04. The molecule has 0 spiro atoms. The first-order valence-corrected chi connectivity index (χ1v) is 3.93. The minimum atomic E-state index is -0.749. The van der Waals surface area contributed by atoms with Gasteiger partial charge in [0.1, 0.15) is 5.04 Å². The lowest BCUT2D eigenvalue weighted by atomic mass is 10.4. The van der Waals surface area contributed by atoms with Gasteiger partial charge in [0.05, 0.1) is 0 Å². The van der Waals surface area contributed by atoms with Crippen LogP contribution in [-0.4, -0.2) is 34.2 Å². The van der Waals surface area contributed by atoms with Crippen LogP contribution in [0.5, 0.6) is 0 Å². The standard InChI is InChI=1S/C5H7N3O2S/c6-4(9)3(8-10)5-7-1-2-11-5/h10H,1-2H2,(H2,6,9). The van der Waals surface area contributed by atoms with Crippen LogP contribution < -0.4 is 5.73 Å². The number of oxime groups is 1. The van der Waals surface area contributed by atoms with Crippen LogP contribution in [0.25, 0.3) is 0 Å². The second kappa shape index (κ2) is 3.38. The van der Waals surface area contributed by atoms with Gasteiger partial charge in [-0.25, -0.2) is 0 Å². The van der Waals surface area contributed by atoms with Crippen molar-refractivity contribution < 1.29 is 10.0 Å². The van der Waals surface area contributed by atoms with Crippen molar-refractivity contribution in [2.24, 2.45) is 15.9 Å². The Morgan fingerprint density at radius 1 is 1.82 bits per heavy atom. The molecule has 1 heterocycles. The molecule has 60 valence electrons. The maximum Gasteiger partial charge on any atom is 0.273 e. The molecule has 0 bridgehead atoms. The van der Waals surface area contributed by atoms with E-state index in [2.05, 4.69) is 10.1 Å². The van der Waals surface area contributed by atoms with Crippen LogP contribution in [0.2, 0.25) is 0 Å². The first-order chi connectivity index (χ1) is 5.25. The van der Waals surface area contributed by atoms with Gasteiger partial charge < -0.3 is 10.9 Å². The van der Waals surface area contributed by atoms with E-state index in [4.69, 9.17) is 10.9 Å². The molecule has 0 unspecified atom stereocenters. The SMILES string of the molecule is NC(=O)C(=NO)C1=NCCS1. The summed E-state index contributed by atoms with van der Waals surface area (Å²) in [6, 6.07) is 0. The molecular weight excluding hydrogens is 166 g/mol. The fourth-order valence-electron chi connectivity index (χ4n) is 0.676. The van der Waals surface area contributed by atoms with Crippen molar-refractivity contribution in [3.8, 4) is 0 Å². The smallest absolute Gasteiger partial charge is 0.273 e. The number of carbonyl (C=O) groups is 1. The number of hydrogen-bond donors (Lipinski definition) is 2. The van der Waals surface area contributed by atoms with E-state index in [1.54, 1.807) is 0 Å². The number of nitrogens with zero attached hydrogens (tertiary/aromatic N) is 2. The average Bonchev–Trinajstić information content (AvgIpc) is 2.40. The van der Waals surface area contributed by atoms with Crippen molar-refractivity contribution in [3.05, 3.63) is 0 Å². The van der Waals surface area contributed by atoms with Crippen molar-refractivity contribution in [1.82, 2.24) is 0 Å². The van der Waals surface area contributed by atoms with Crippen LogP contribution in [-0.2, 0) is 4.79 Å². The molecule has 0 saturated heterocycles. The van der Waals surface area contributed by atoms with Crippen LogP contribution in [0, 0.1) is 0 Å². The molecule has 11 heavy (non-hydrogen) atoms. The van der Waals surface area contributed by atoms with Crippen LogP contribution >= 0.6 is 11.8 Å². The molecule has 1 rings (SSSR count). The van der Waals surface area contributed by atoms with Gasteiger partial charge in [0.15, 0.2) is 5.71 Å². The highest BCUT2D eigenvalue weighted by molar-refractivity contribution is 8.16. The zero-order valence-corrected chi connectivity index (χ0v) is 6.47. The molecule has 1 aliphatic heterocycles. The second-order valence-corrected chi connectivity index (χ2v) is 2.93. The van der Waals surface area contributed by atoms with Gasteiger partial charge in [-0.3, -0.25) is 9.79 Å². The minimum absolute atomic E-state index is 0.146. The third-order valence-electron chi connectivity index (χ3n) is 1.12. The number of carbonyl (C=O) groups excluding carboxylic acids is 1. The van der Waals surface area contributed by atoms with Crippen molar-refractivity contribution in [3.63, 3.8) is 0 Å². The molecule has 3 N–H and O–H groups in total. The Balaban J connectivity index is 2.78. The fourth-order valence-corrected chi connectivity index (χ4v) is 1.51.